The van der Waals surface area contributed by atoms with Crippen LogP contribution in [-0.2, 0) is 0 Å². The highest BCUT2D eigenvalue weighted by Gasteiger charge is 2.19. The summed E-state index contributed by atoms with van der Waals surface area (Å²) < 4.78 is 0. The van der Waals surface area contributed by atoms with Crippen LogP contribution < -0.4 is 10.2 Å². The molecule has 1 saturated heterocycles. The smallest absolute Gasteiger partial charge is 0.253 e. The summed E-state index contributed by atoms with van der Waals surface area (Å²) in [7, 11) is 0. The Morgan fingerprint density at radius 3 is 2.60 bits per heavy atom. The molecule has 1 amide bonds. The van der Waals surface area contributed by atoms with Crippen molar-refractivity contribution in [2.75, 3.05) is 18.0 Å². The number of anilines is 1. The first-order chi connectivity index (χ1) is 9.83. The summed E-state index contributed by atoms with van der Waals surface area (Å²) in [4.78, 5) is 18.9. The zero-order chi connectivity index (χ0) is 13.8. The van der Waals surface area contributed by atoms with Crippen molar-refractivity contribution >= 4 is 11.6 Å². The number of pyridine rings is 1. The van der Waals surface area contributed by atoms with Gasteiger partial charge in [-0.3, -0.25) is 9.78 Å². The van der Waals surface area contributed by atoms with Crippen LogP contribution in [0.15, 0.2) is 18.5 Å². The fraction of sp³-hybridized carbons (Fsp3) is 0.625. The van der Waals surface area contributed by atoms with Crippen molar-refractivity contribution in [3.05, 3.63) is 24.0 Å². The SMILES string of the molecule is O=C(NC1CCCC1)c1cncc(N2CCCCC2)c1. The van der Waals surface area contributed by atoms with E-state index in [-0.39, 0.29) is 5.91 Å². The van der Waals surface area contributed by atoms with Crippen molar-refractivity contribution in [2.24, 2.45) is 0 Å². The Morgan fingerprint density at radius 1 is 1.10 bits per heavy atom. The average molecular weight is 273 g/mol. The summed E-state index contributed by atoms with van der Waals surface area (Å²) in [5.74, 6) is 0.0308. The topological polar surface area (TPSA) is 45.2 Å². The van der Waals surface area contributed by atoms with Crippen molar-refractivity contribution in [3.63, 3.8) is 0 Å². The summed E-state index contributed by atoms with van der Waals surface area (Å²) in [6, 6.07) is 2.35. The van der Waals surface area contributed by atoms with Gasteiger partial charge in [-0.05, 0) is 38.2 Å². The minimum absolute atomic E-state index is 0.0308. The molecule has 1 aliphatic heterocycles. The fourth-order valence-electron chi connectivity index (χ4n) is 3.22. The van der Waals surface area contributed by atoms with Crippen LogP contribution in [0.2, 0.25) is 0 Å². The summed E-state index contributed by atoms with van der Waals surface area (Å²) in [6.45, 7) is 2.16. The second kappa shape index (κ2) is 6.25. The molecule has 0 atom stereocenters. The second-order valence-electron chi connectivity index (χ2n) is 5.93. The molecule has 0 spiro atoms. The maximum absolute atomic E-state index is 12.3. The van der Waals surface area contributed by atoms with Crippen molar-refractivity contribution in [3.8, 4) is 0 Å². The van der Waals surface area contributed by atoms with Crippen LogP contribution in [0.1, 0.15) is 55.3 Å². The molecule has 1 aromatic heterocycles. The molecule has 2 fully saturated rings. The van der Waals surface area contributed by atoms with E-state index in [1.165, 1.54) is 32.1 Å². The molecule has 0 unspecified atom stereocenters. The van der Waals surface area contributed by atoms with Gasteiger partial charge in [-0.15, -0.1) is 0 Å². The van der Waals surface area contributed by atoms with Gasteiger partial charge in [0.2, 0.25) is 0 Å². The summed E-state index contributed by atoms with van der Waals surface area (Å²) in [5.41, 5.74) is 1.78. The number of nitrogens with zero attached hydrogens (tertiary/aromatic N) is 2. The molecule has 1 aliphatic carbocycles. The first-order valence-electron chi connectivity index (χ1n) is 7.84. The normalized spacial score (nSPS) is 20.1. The number of piperidine rings is 1. The van der Waals surface area contributed by atoms with Crippen LogP contribution >= 0.6 is 0 Å². The van der Waals surface area contributed by atoms with Gasteiger partial charge in [0.1, 0.15) is 0 Å². The van der Waals surface area contributed by atoms with Gasteiger partial charge >= 0.3 is 0 Å². The monoisotopic (exact) mass is 273 g/mol. The highest BCUT2D eigenvalue weighted by molar-refractivity contribution is 5.95. The summed E-state index contributed by atoms with van der Waals surface area (Å²) >= 11 is 0. The zero-order valence-electron chi connectivity index (χ0n) is 12.0. The number of hydrogen-bond donors (Lipinski definition) is 1. The van der Waals surface area contributed by atoms with Gasteiger partial charge < -0.3 is 10.2 Å². The maximum atomic E-state index is 12.3. The number of amides is 1. The number of carbonyl (C=O) groups excluding carboxylic acids is 1. The number of aromatic nitrogens is 1. The molecule has 0 radical (unpaired) electrons. The van der Waals surface area contributed by atoms with Gasteiger partial charge in [-0.1, -0.05) is 12.8 Å². The molecule has 1 N–H and O–H groups in total. The number of hydrogen-bond acceptors (Lipinski definition) is 3. The molecule has 4 heteroatoms. The number of carbonyl (C=O) groups is 1. The van der Waals surface area contributed by atoms with Gasteiger partial charge in [0.05, 0.1) is 17.4 Å². The lowest BCUT2D eigenvalue weighted by Crippen LogP contribution is -2.33. The molecule has 108 valence electrons. The van der Waals surface area contributed by atoms with Crippen molar-refractivity contribution < 1.29 is 4.79 Å². The molecule has 4 nitrogen and oxygen atoms in total. The Kier molecular flexibility index (Phi) is 4.19. The van der Waals surface area contributed by atoms with E-state index in [2.05, 4.69) is 15.2 Å². The highest BCUT2D eigenvalue weighted by atomic mass is 16.1. The van der Waals surface area contributed by atoms with E-state index in [1.54, 1.807) is 6.20 Å². The van der Waals surface area contributed by atoms with Crippen molar-refractivity contribution in [1.29, 1.82) is 0 Å². The van der Waals surface area contributed by atoms with Crippen LogP contribution in [-0.4, -0.2) is 30.0 Å². The Morgan fingerprint density at radius 2 is 1.85 bits per heavy atom. The van der Waals surface area contributed by atoms with E-state index < -0.39 is 0 Å². The second-order valence-corrected chi connectivity index (χ2v) is 5.93. The molecule has 20 heavy (non-hydrogen) atoms. The van der Waals surface area contributed by atoms with Gasteiger partial charge in [0, 0.05) is 25.3 Å². The predicted octanol–water partition coefficient (Wildman–Crippen LogP) is 2.74. The zero-order valence-corrected chi connectivity index (χ0v) is 12.0. The molecule has 1 saturated carbocycles. The summed E-state index contributed by atoms with van der Waals surface area (Å²) in [6.07, 6.45) is 12.0. The largest absolute Gasteiger partial charge is 0.370 e. The molecular formula is C16H23N3O. The van der Waals surface area contributed by atoms with E-state index in [9.17, 15) is 4.79 Å². The van der Waals surface area contributed by atoms with E-state index >= 15 is 0 Å². The molecule has 0 bridgehead atoms. The quantitative estimate of drug-likeness (QED) is 0.921. The first-order valence-corrected chi connectivity index (χ1v) is 7.84. The van der Waals surface area contributed by atoms with E-state index in [1.807, 2.05) is 12.3 Å². The van der Waals surface area contributed by atoms with Gasteiger partial charge in [0.25, 0.3) is 5.91 Å². The number of nitrogens with one attached hydrogen (secondary N) is 1. The first kappa shape index (κ1) is 13.4. The van der Waals surface area contributed by atoms with E-state index in [0.717, 1.165) is 31.6 Å². The lowest BCUT2D eigenvalue weighted by Gasteiger charge is -2.28. The molecule has 3 rings (SSSR count). The van der Waals surface area contributed by atoms with Gasteiger partial charge in [-0.25, -0.2) is 0 Å². The average Bonchev–Trinajstić information content (AvgIpc) is 3.01. The lowest BCUT2D eigenvalue weighted by molar-refractivity contribution is 0.0937. The Hall–Kier alpha value is -1.58. The molecular weight excluding hydrogens is 250 g/mol. The number of rotatable bonds is 3. The van der Waals surface area contributed by atoms with Crippen LogP contribution in [0.25, 0.3) is 0 Å². The van der Waals surface area contributed by atoms with Gasteiger partial charge in [0.15, 0.2) is 0 Å². The van der Waals surface area contributed by atoms with Crippen LogP contribution in [0.4, 0.5) is 5.69 Å². The van der Waals surface area contributed by atoms with Crippen LogP contribution in [0, 0.1) is 0 Å². The Bertz CT molecular complexity index is 463. The van der Waals surface area contributed by atoms with Crippen LogP contribution in [0.5, 0.6) is 0 Å². The fourth-order valence-corrected chi connectivity index (χ4v) is 3.22. The predicted molar refractivity (Wildman–Crippen MR) is 80.0 cm³/mol. The molecule has 0 aromatic carbocycles. The van der Waals surface area contributed by atoms with Gasteiger partial charge in [-0.2, -0.15) is 0 Å². The maximum Gasteiger partial charge on any atom is 0.253 e. The molecule has 1 aromatic rings. The molecule has 2 heterocycles. The Balaban J connectivity index is 1.67. The minimum atomic E-state index is 0.0308. The summed E-state index contributed by atoms with van der Waals surface area (Å²) in [5, 5.41) is 3.13. The third kappa shape index (κ3) is 3.11. The van der Waals surface area contributed by atoms with Crippen LogP contribution in [0.3, 0.4) is 0 Å². The third-order valence-electron chi connectivity index (χ3n) is 4.40. The van der Waals surface area contributed by atoms with Crippen molar-refractivity contribution in [1.82, 2.24) is 10.3 Å². The molecule has 2 aliphatic rings. The Labute approximate surface area is 120 Å². The van der Waals surface area contributed by atoms with E-state index in [0.29, 0.717) is 11.6 Å². The van der Waals surface area contributed by atoms with E-state index in [4.69, 9.17) is 0 Å². The highest BCUT2D eigenvalue weighted by Crippen LogP contribution is 2.21. The minimum Gasteiger partial charge on any atom is -0.370 e. The lowest BCUT2D eigenvalue weighted by atomic mass is 10.1. The van der Waals surface area contributed by atoms with Crippen molar-refractivity contribution in [2.45, 2.75) is 51.0 Å². The third-order valence-corrected chi connectivity index (χ3v) is 4.40. The standard InChI is InChI=1S/C16H23N3O/c20-16(18-14-6-2-3-7-14)13-10-15(12-17-11-13)19-8-4-1-5-9-19/h10-12,14H,1-9H2,(H,18,20).